The molecule has 0 aromatic heterocycles. The van der Waals surface area contributed by atoms with E-state index in [1.807, 2.05) is 6.07 Å². The quantitative estimate of drug-likeness (QED) is 0.0400. The van der Waals surface area contributed by atoms with E-state index in [4.69, 9.17) is 15.0 Å². The highest BCUT2D eigenvalue weighted by molar-refractivity contribution is 6.48. The molecule has 5 N–H and O–H groups in total. The van der Waals surface area contributed by atoms with Crippen LogP contribution in [0.2, 0.25) is 0 Å². The van der Waals surface area contributed by atoms with Crippen LogP contribution in [-0.4, -0.2) is 65.9 Å². The zero-order valence-corrected chi connectivity index (χ0v) is 27.6. The summed E-state index contributed by atoms with van der Waals surface area (Å²) in [7, 11) is -0.616. The third-order valence-electron chi connectivity index (χ3n) is 10.0. The van der Waals surface area contributed by atoms with Crippen molar-refractivity contribution in [2.24, 2.45) is 33.9 Å². The number of carbonyl (C=O) groups is 3. The summed E-state index contributed by atoms with van der Waals surface area (Å²) in [6.45, 7) is 11.0. The zero-order valence-electron chi connectivity index (χ0n) is 27.6. The van der Waals surface area contributed by atoms with Crippen LogP contribution in [0.1, 0.15) is 96.3 Å². The van der Waals surface area contributed by atoms with Crippen molar-refractivity contribution in [1.29, 1.82) is 0 Å². The lowest BCUT2D eigenvalue weighted by molar-refractivity contribution is -0.525. The highest BCUT2D eigenvalue weighted by atomic mass is 16.7. The number of benzene rings is 1. The third-order valence-corrected chi connectivity index (χ3v) is 10.0. The van der Waals surface area contributed by atoms with Gasteiger partial charge in [-0.25, -0.2) is 15.1 Å². The molecule has 252 valence electrons. The molecule has 14 heteroatoms. The predicted molar refractivity (Wildman–Crippen MR) is 174 cm³/mol. The van der Waals surface area contributed by atoms with Gasteiger partial charge in [0.1, 0.15) is 6.04 Å². The van der Waals surface area contributed by atoms with Gasteiger partial charge in [0, 0.05) is 24.9 Å². The molecule has 4 fully saturated rings. The van der Waals surface area contributed by atoms with Crippen molar-refractivity contribution in [1.82, 2.24) is 16.1 Å². The van der Waals surface area contributed by atoms with Crippen LogP contribution in [0.4, 0.5) is 0 Å². The first-order valence-corrected chi connectivity index (χ1v) is 16.4. The standard InChI is InChI=1S/C32H49BN6O7/c1-20(2)17-27(33-45-26-19-22-18-25(31(22,3)4)32(26,5)46-33)37-29(42)23(13-10-16-35-30(34)38-39(43)44)36-28(41)15-9-14-24(40)21-11-7-6-8-12-21/h6-8,11-12,20,22-23,25-27H,9-10,13-19H2,1-5H3,(H,36,41)(H,37,42)(H3,34,35,38)/t22-,23+,25-,26-,27+,32+/m1/s1. The van der Waals surface area contributed by atoms with Gasteiger partial charge >= 0.3 is 7.12 Å². The molecule has 13 nitrogen and oxygen atoms in total. The van der Waals surface area contributed by atoms with Gasteiger partial charge in [-0.3, -0.25) is 14.4 Å². The Kier molecular flexibility index (Phi) is 11.5. The average molecular weight is 641 g/mol. The van der Waals surface area contributed by atoms with E-state index in [2.05, 4.69) is 50.2 Å². The summed E-state index contributed by atoms with van der Waals surface area (Å²) in [5.74, 6) is -0.356. The Hall–Kier alpha value is -3.52. The van der Waals surface area contributed by atoms with Crippen molar-refractivity contribution in [2.45, 2.75) is 110 Å². The first-order valence-electron chi connectivity index (χ1n) is 16.4. The summed E-state index contributed by atoms with van der Waals surface area (Å²) >= 11 is 0. The van der Waals surface area contributed by atoms with Gasteiger partial charge in [-0.1, -0.05) is 63.5 Å². The fourth-order valence-electron chi connectivity index (χ4n) is 7.44. The molecule has 1 heterocycles. The van der Waals surface area contributed by atoms with Gasteiger partial charge in [-0.2, -0.15) is 0 Å². The first-order chi connectivity index (χ1) is 21.7. The molecule has 2 bridgehead atoms. The Morgan fingerprint density at radius 1 is 1.11 bits per heavy atom. The van der Waals surface area contributed by atoms with E-state index >= 15 is 0 Å². The molecule has 1 aromatic carbocycles. The van der Waals surface area contributed by atoms with Crippen LogP contribution in [0, 0.1) is 33.3 Å². The Morgan fingerprint density at radius 2 is 1.83 bits per heavy atom. The Bertz CT molecular complexity index is 1290. The molecule has 0 radical (unpaired) electrons. The van der Waals surface area contributed by atoms with E-state index in [1.165, 1.54) is 0 Å². The first kappa shape index (κ1) is 35.3. The summed E-state index contributed by atoms with van der Waals surface area (Å²) in [5.41, 5.74) is 7.65. The molecule has 4 aliphatic rings. The van der Waals surface area contributed by atoms with Gasteiger partial charge in [0.05, 0.1) is 17.6 Å². The molecule has 1 aliphatic heterocycles. The van der Waals surface area contributed by atoms with Gasteiger partial charge in [-0.15, -0.1) is 0 Å². The number of guanidine groups is 1. The number of nitrogens with two attached hydrogens (primary N) is 1. The van der Waals surface area contributed by atoms with Gasteiger partial charge in [0.15, 0.2) is 10.8 Å². The smallest absolute Gasteiger partial charge is 0.404 e. The van der Waals surface area contributed by atoms with Crippen LogP contribution in [0.25, 0.3) is 0 Å². The average Bonchev–Trinajstić information content (AvgIpc) is 3.35. The Balaban J connectivity index is 1.40. The molecule has 3 aliphatic carbocycles. The van der Waals surface area contributed by atoms with E-state index < -0.39 is 29.7 Å². The van der Waals surface area contributed by atoms with Crippen molar-refractivity contribution < 1.29 is 28.7 Å². The predicted octanol–water partition coefficient (Wildman–Crippen LogP) is 3.20. The monoisotopic (exact) mass is 640 g/mol. The van der Waals surface area contributed by atoms with E-state index in [1.54, 1.807) is 29.7 Å². The van der Waals surface area contributed by atoms with Crippen LogP contribution < -0.4 is 21.8 Å². The topological polar surface area (TPSA) is 187 Å². The molecule has 5 rings (SSSR count). The van der Waals surface area contributed by atoms with Gasteiger partial charge < -0.3 is 25.7 Å². The number of aliphatic imine (C=N–C) groups is 1. The van der Waals surface area contributed by atoms with Crippen LogP contribution in [0.3, 0.4) is 0 Å². The van der Waals surface area contributed by atoms with Crippen LogP contribution in [0.15, 0.2) is 35.3 Å². The van der Waals surface area contributed by atoms with Crippen LogP contribution in [0.5, 0.6) is 0 Å². The second-order valence-corrected chi connectivity index (χ2v) is 14.1. The number of Topliss-reactive ketones (excluding diaryl/α,β-unsaturated/α-hetero) is 1. The molecular formula is C32H49BN6O7. The van der Waals surface area contributed by atoms with Crippen LogP contribution >= 0.6 is 0 Å². The van der Waals surface area contributed by atoms with E-state index in [0.717, 1.165) is 12.8 Å². The molecule has 46 heavy (non-hydrogen) atoms. The van der Waals surface area contributed by atoms with Crippen molar-refractivity contribution in [3.05, 3.63) is 46.0 Å². The summed E-state index contributed by atoms with van der Waals surface area (Å²) in [6.07, 6.45) is 3.78. The maximum absolute atomic E-state index is 13.8. The van der Waals surface area contributed by atoms with Crippen molar-refractivity contribution in [3.63, 3.8) is 0 Å². The summed E-state index contributed by atoms with van der Waals surface area (Å²) < 4.78 is 13.2. The Morgan fingerprint density at radius 3 is 2.48 bits per heavy atom. The summed E-state index contributed by atoms with van der Waals surface area (Å²) in [4.78, 5) is 53.8. The van der Waals surface area contributed by atoms with Crippen molar-refractivity contribution >= 4 is 30.7 Å². The number of nitro groups is 1. The van der Waals surface area contributed by atoms with E-state index in [-0.39, 0.29) is 66.8 Å². The van der Waals surface area contributed by atoms with Crippen molar-refractivity contribution in [2.75, 3.05) is 6.54 Å². The molecule has 0 spiro atoms. The number of carbonyl (C=O) groups excluding carboxylic acids is 3. The third kappa shape index (κ3) is 8.44. The molecule has 2 amide bonds. The van der Waals surface area contributed by atoms with Gasteiger partial charge in [0.25, 0.3) is 5.96 Å². The number of ketones is 1. The van der Waals surface area contributed by atoms with Crippen LogP contribution in [-0.2, 0) is 18.9 Å². The lowest BCUT2D eigenvalue weighted by Crippen LogP contribution is -2.65. The van der Waals surface area contributed by atoms with Gasteiger partial charge in [-0.05, 0) is 68.6 Å². The molecule has 1 saturated heterocycles. The normalized spacial score (nSPS) is 26.0. The van der Waals surface area contributed by atoms with E-state index in [0.29, 0.717) is 36.7 Å². The summed E-state index contributed by atoms with van der Waals surface area (Å²) in [6, 6.07) is 7.99. The number of hydrazine groups is 1. The fraction of sp³-hybridized carbons (Fsp3) is 0.688. The molecule has 0 unspecified atom stereocenters. The molecular weight excluding hydrogens is 591 g/mol. The number of rotatable bonds is 16. The zero-order chi connectivity index (χ0) is 33.6. The molecule has 3 saturated carbocycles. The minimum Gasteiger partial charge on any atom is -0.404 e. The maximum Gasteiger partial charge on any atom is 0.481 e. The second kappa shape index (κ2) is 14.9. The van der Waals surface area contributed by atoms with E-state index in [9.17, 15) is 24.5 Å². The Labute approximate surface area is 271 Å². The number of hydrogen-bond acceptors (Lipinski definition) is 8. The summed E-state index contributed by atoms with van der Waals surface area (Å²) in [5, 5.41) is 15.8. The minimum atomic E-state index is -0.905. The number of nitrogens with zero attached hydrogens (tertiary/aromatic N) is 2. The lowest BCUT2D eigenvalue weighted by atomic mass is 9.43. The number of amides is 2. The SMILES string of the molecule is CC(C)C[C@H](NC(=O)[C@H](CCCN=C(N)N[N+](=O)[O-])NC(=O)CCCC(=O)c1ccccc1)B1O[C@@H]2C[C@H]3C[C@H](C3(C)C)[C@]2(C)O1. The number of nitrogens with one attached hydrogen (secondary N) is 3. The molecule has 1 aromatic rings. The highest BCUT2D eigenvalue weighted by Gasteiger charge is 2.68. The van der Waals surface area contributed by atoms with Crippen molar-refractivity contribution in [3.8, 4) is 0 Å². The second-order valence-electron chi connectivity index (χ2n) is 14.1. The fourth-order valence-corrected chi connectivity index (χ4v) is 7.44. The molecule has 6 atom stereocenters. The lowest BCUT2D eigenvalue weighted by Gasteiger charge is -2.64. The largest absolute Gasteiger partial charge is 0.481 e. The maximum atomic E-state index is 13.8. The number of hydrogen-bond donors (Lipinski definition) is 4. The minimum absolute atomic E-state index is 0.0361. The van der Waals surface area contributed by atoms with Gasteiger partial charge in [0.2, 0.25) is 11.8 Å². The highest BCUT2D eigenvalue weighted by Crippen LogP contribution is 2.65.